The number of hydrogen-bond donors (Lipinski definition) is 0. The zero-order chi connectivity index (χ0) is 17.9. The summed E-state index contributed by atoms with van der Waals surface area (Å²) in [5.41, 5.74) is 1.22. The summed E-state index contributed by atoms with van der Waals surface area (Å²) in [6.45, 7) is 5.85. The van der Waals surface area contributed by atoms with E-state index in [9.17, 15) is 4.79 Å². The van der Waals surface area contributed by atoms with Crippen molar-refractivity contribution < 1.29 is 9.53 Å². The first-order chi connectivity index (χ1) is 12.8. The Bertz CT molecular complexity index is 737. The maximum atomic E-state index is 12.6. The van der Waals surface area contributed by atoms with Gasteiger partial charge in [-0.3, -0.25) is 9.69 Å². The normalized spacial score (nSPS) is 25.7. The SMILES string of the molecule is CCOC(=O)[C@H]1CN2CCN(c3ccccn3)C[C@@H]2[C@@H]1c1ccccc1. The number of aromatic nitrogens is 1. The molecule has 3 atom stereocenters. The maximum absolute atomic E-state index is 12.6. The molecule has 0 amide bonds. The molecule has 5 nitrogen and oxygen atoms in total. The number of benzene rings is 1. The second kappa shape index (κ2) is 7.46. The van der Waals surface area contributed by atoms with E-state index >= 15 is 0 Å². The van der Waals surface area contributed by atoms with Crippen LogP contribution in [0.2, 0.25) is 0 Å². The van der Waals surface area contributed by atoms with E-state index in [1.165, 1.54) is 5.56 Å². The molecular weight excluding hydrogens is 326 g/mol. The van der Waals surface area contributed by atoms with E-state index in [4.69, 9.17) is 4.74 Å². The summed E-state index contributed by atoms with van der Waals surface area (Å²) in [5, 5.41) is 0. The van der Waals surface area contributed by atoms with Crippen LogP contribution in [0.15, 0.2) is 54.7 Å². The lowest BCUT2D eigenvalue weighted by atomic mass is 9.83. The molecule has 5 heteroatoms. The van der Waals surface area contributed by atoms with Gasteiger partial charge in [0, 0.05) is 44.3 Å². The number of carbonyl (C=O) groups excluding carboxylic acids is 1. The Morgan fingerprint density at radius 2 is 1.92 bits per heavy atom. The van der Waals surface area contributed by atoms with Crippen molar-refractivity contribution in [2.45, 2.75) is 18.9 Å². The zero-order valence-electron chi connectivity index (χ0n) is 15.1. The largest absolute Gasteiger partial charge is 0.466 e. The molecule has 26 heavy (non-hydrogen) atoms. The highest BCUT2D eigenvalue weighted by Gasteiger charge is 2.48. The lowest BCUT2D eigenvalue weighted by Gasteiger charge is -2.40. The average molecular weight is 351 g/mol. The van der Waals surface area contributed by atoms with Gasteiger partial charge >= 0.3 is 5.97 Å². The topological polar surface area (TPSA) is 45.7 Å². The fourth-order valence-corrected chi connectivity index (χ4v) is 4.40. The van der Waals surface area contributed by atoms with Gasteiger partial charge in [-0.05, 0) is 24.6 Å². The minimum absolute atomic E-state index is 0.0693. The smallest absolute Gasteiger partial charge is 0.310 e. The molecule has 3 heterocycles. The molecule has 1 aromatic carbocycles. The monoisotopic (exact) mass is 351 g/mol. The van der Waals surface area contributed by atoms with E-state index in [1.54, 1.807) is 0 Å². The lowest BCUT2D eigenvalue weighted by Crippen LogP contribution is -2.51. The molecule has 2 fully saturated rings. The van der Waals surface area contributed by atoms with E-state index in [-0.39, 0.29) is 17.8 Å². The second-order valence-electron chi connectivity index (χ2n) is 6.99. The molecule has 0 spiro atoms. The number of nitrogens with zero attached hydrogens (tertiary/aromatic N) is 3. The third-order valence-electron chi connectivity index (χ3n) is 5.56. The summed E-state index contributed by atoms with van der Waals surface area (Å²) in [6, 6.07) is 16.7. The van der Waals surface area contributed by atoms with Crippen molar-refractivity contribution in [2.75, 3.05) is 37.7 Å². The second-order valence-corrected chi connectivity index (χ2v) is 6.99. The van der Waals surface area contributed by atoms with Crippen molar-refractivity contribution in [3.8, 4) is 0 Å². The van der Waals surface area contributed by atoms with Gasteiger partial charge < -0.3 is 9.64 Å². The Labute approximate surface area is 154 Å². The van der Waals surface area contributed by atoms with Gasteiger partial charge in [-0.15, -0.1) is 0 Å². The van der Waals surface area contributed by atoms with Crippen molar-refractivity contribution in [1.29, 1.82) is 0 Å². The molecule has 0 saturated carbocycles. The molecule has 136 valence electrons. The van der Waals surface area contributed by atoms with Crippen molar-refractivity contribution >= 4 is 11.8 Å². The van der Waals surface area contributed by atoms with Gasteiger partial charge in [0.05, 0.1) is 12.5 Å². The van der Waals surface area contributed by atoms with Crippen LogP contribution in [0.5, 0.6) is 0 Å². The summed E-state index contributed by atoms with van der Waals surface area (Å²) < 4.78 is 5.40. The summed E-state index contributed by atoms with van der Waals surface area (Å²) in [4.78, 5) is 22.0. The van der Waals surface area contributed by atoms with Crippen LogP contribution in [0.4, 0.5) is 5.82 Å². The molecule has 0 radical (unpaired) electrons. The number of piperazine rings is 1. The van der Waals surface area contributed by atoms with Crippen LogP contribution in [0, 0.1) is 5.92 Å². The maximum Gasteiger partial charge on any atom is 0.310 e. The highest BCUT2D eigenvalue weighted by Crippen LogP contribution is 2.41. The third-order valence-corrected chi connectivity index (χ3v) is 5.56. The third kappa shape index (κ3) is 3.19. The van der Waals surface area contributed by atoms with Crippen LogP contribution in [0.25, 0.3) is 0 Å². The van der Waals surface area contributed by atoms with Gasteiger partial charge in [0.25, 0.3) is 0 Å². The predicted molar refractivity (Wildman–Crippen MR) is 101 cm³/mol. The molecule has 0 N–H and O–H groups in total. The zero-order valence-corrected chi connectivity index (χ0v) is 15.1. The van der Waals surface area contributed by atoms with Crippen LogP contribution in [0.1, 0.15) is 18.4 Å². The van der Waals surface area contributed by atoms with E-state index in [1.807, 2.05) is 31.3 Å². The lowest BCUT2D eigenvalue weighted by molar-refractivity contribution is -0.148. The Balaban J connectivity index is 1.63. The number of pyridine rings is 1. The van der Waals surface area contributed by atoms with E-state index in [2.05, 4.69) is 45.1 Å². The van der Waals surface area contributed by atoms with Crippen molar-refractivity contribution in [3.05, 3.63) is 60.3 Å². The van der Waals surface area contributed by atoms with Crippen molar-refractivity contribution in [1.82, 2.24) is 9.88 Å². The first-order valence-electron chi connectivity index (χ1n) is 9.39. The standard InChI is InChI=1S/C21H25N3O2/c1-2-26-21(25)17-14-23-12-13-24(19-10-6-7-11-22-19)15-18(23)20(17)16-8-4-3-5-9-16/h3-11,17-18,20H,2,12-15H2,1H3/t17-,18+,20+/m0/s1. The number of esters is 1. The van der Waals surface area contributed by atoms with E-state index in [0.717, 1.165) is 32.0 Å². The highest BCUT2D eigenvalue weighted by atomic mass is 16.5. The molecule has 2 saturated heterocycles. The van der Waals surface area contributed by atoms with Gasteiger partial charge in [0.2, 0.25) is 0 Å². The van der Waals surface area contributed by atoms with Gasteiger partial charge in [0.15, 0.2) is 0 Å². The first-order valence-corrected chi connectivity index (χ1v) is 9.39. The summed E-state index contributed by atoms with van der Waals surface area (Å²) in [6.07, 6.45) is 1.84. The summed E-state index contributed by atoms with van der Waals surface area (Å²) in [5.74, 6) is 0.992. The summed E-state index contributed by atoms with van der Waals surface area (Å²) >= 11 is 0. The van der Waals surface area contributed by atoms with Gasteiger partial charge in [-0.25, -0.2) is 4.98 Å². The van der Waals surface area contributed by atoms with Gasteiger partial charge in [-0.1, -0.05) is 36.4 Å². The fraction of sp³-hybridized carbons (Fsp3) is 0.429. The molecule has 0 bridgehead atoms. The number of rotatable bonds is 4. The molecule has 0 aliphatic carbocycles. The Hall–Kier alpha value is -2.40. The summed E-state index contributed by atoms with van der Waals surface area (Å²) in [7, 11) is 0. The van der Waals surface area contributed by atoms with Gasteiger partial charge in [0.1, 0.15) is 5.82 Å². The fourth-order valence-electron chi connectivity index (χ4n) is 4.40. The Kier molecular flexibility index (Phi) is 4.89. The molecular formula is C21H25N3O2. The molecule has 2 aliphatic rings. The van der Waals surface area contributed by atoms with Crippen LogP contribution < -0.4 is 4.90 Å². The number of carbonyl (C=O) groups is 1. The number of fused-ring (bicyclic) bond motifs is 1. The number of anilines is 1. The van der Waals surface area contributed by atoms with Crippen LogP contribution in [0.3, 0.4) is 0 Å². The van der Waals surface area contributed by atoms with Crippen molar-refractivity contribution in [2.24, 2.45) is 5.92 Å². The number of ether oxygens (including phenoxy) is 1. The minimum atomic E-state index is -0.106. The van der Waals surface area contributed by atoms with Crippen LogP contribution >= 0.6 is 0 Å². The van der Waals surface area contributed by atoms with Crippen LogP contribution in [-0.2, 0) is 9.53 Å². The van der Waals surface area contributed by atoms with E-state index < -0.39 is 0 Å². The molecule has 2 aromatic rings. The Morgan fingerprint density at radius 1 is 1.12 bits per heavy atom. The quantitative estimate of drug-likeness (QED) is 0.792. The van der Waals surface area contributed by atoms with E-state index in [0.29, 0.717) is 12.6 Å². The highest BCUT2D eigenvalue weighted by molar-refractivity contribution is 5.75. The molecule has 0 unspecified atom stereocenters. The average Bonchev–Trinajstić information content (AvgIpc) is 3.08. The first kappa shape index (κ1) is 17.0. The van der Waals surface area contributed by atoms with Gasteiger partial charge in [-0.2, -0.15) is 0 Å². The molecule has 2 aliphatic heterocycles. The van der Waals surface area contributed by atoms with Crippen LogP contribution in [-0.4, -0.2) is 54.7 Å². The molecule has 4 rings (SSSR count). The predicted octanol–water partition coefficient (Wildman–Crippen LogP) is 2.55. The van der Waals surface area contributed by atoms with Crippen molar-refractivity contribution in [3.63, 3.8) is 0 Å². The molecule has 1 aromatic heterocycles. The Morgan fingerprint density at radius 3 is 2.65 bits per heavy atom. The minimum Gasteiger partial charge on any atom is -0.466 e. The number of hydrogen-bond acceptors (Lipinski definition) is 5.